The van der Waals surface area contributed by atoms with Crippen molar-refractivity contribution in [3.63, 3.8) is 0 Å². The van der Waals surface area contributed by atoms with Crippen molar-refractivity contribution >= 4 is 15.7 Å². The number of carbonyl (C=O) groups is 1. The van der Waals surface area contributed by atoms with Gasteiger partial charge in [-0.25, -0.2) is 17.8 Å². The molecule has 1 aliphatic carbocycles. The van der Waals surface area contributed by atoms with Crippen molar-refractivity contribution in [1.29, 1.82) is 0 Å². The second kappa shape index (κ2) is 9.63. The second-order valence-electron chi connectivity index (χ2n) is 7.95. The molecule has 1 amide bonds. The van der Waals surface area contributed by atoms with Crippen LogP contribution in [-0.4, -0.2) is 43.1 Å². The van der Waals surface area contributed by atoms with Gasteiger partial charge in [0, 0.05) is 18.3 Å². The van der Waals surface area contributed by atoms with Gasteiger partial charge in [0.05, 0.1) is 16.0 Å². The third-order valence-electron chi connectivity index (χ3n) is 5.40. The number of rotatable bonds is 6. The van der Waals surface area contributed by atoms with Crippen LogP contribution in [-0.2, 0) is 16.0 Å². The molecule has 2 aromatic rings. The molecule has 0 spiro atoms. The molecular formula is C21H19F7N2O4S. The highest BCUT2D eigenvalue weighted by molar-refractivity contribution is 7.92. The van der Waals surface area contributed by atoms with Crippen LogP contribution in [0.3, 0.4) is 0 Å². The molecule has 35 heavy (non-hydrogen) atoms. The van der Waals surface area contributed by atoms with E-state index in [1.807, 2.05) is 0 Å². The van der Waals surface area contributed by atoms with Crippen LogP contribution in [0.15, 0.2) is 47.5 Å². The Labute approximate surface area is 195 Å². The first-order chi connectivity index (χ1) is 16.1. The molecule has 0 radical (unpaired) electrons. The van der Waals surface area contributed by atoms with Gasteiger partial charge in [-0.15, -0.1) is 0 Å². The Kier molecular flexibility index (Phi) is 7.34. The van der Waals surface area contributed by atoms with Crippen LogP contribution in [0.2, 0.25) is 0 Å². The molecular weight excluding hydrogens is 509 g/mol. The number of halogens is 7. The molecule has 1 aliphatic rings. The fraction of sp³-hybridized carbons (Fsp3) is 0.429. The van der Waals surface area contributed by atoms with Gasteiger partial charge >= 0.3 is 12.4 Å². The van der Waals surface area contributed by atoms with E-state index >= 15 is 4.39 Å². The zero-order valence-electron chi connectivity index (χ0n) is 17.8. The molecule has 0 unspecified atom stereocenters. The van der Waals surface area contributed by atoms with E-state index in [1.165, 1.54) is 6.07 Å². The fourth-order valence-electron chi connectivity index (χ4n) is 3.54. The Morgan fingerprint density at radius 1 is 1.09 bits per heavy atom. The summed E-state index contributed by atoms with van der Waals surface area (Å²) >= 11 is 0. The Morgan fingerprint density at radius 3 is 2.29 bits per heavy atom. The maximum atomic E-state index is 15.4. The van der Waals surface area contributed by atoms with E-state index in [2.05, 4.69) is 15.0 Å². The average Bonchev–Trinajstić information content (AvgIpc) is 2.78. The predicted octanol–water partition coefficient (Wildman–Crippen LogP) is 4.85. The normalized spacial score (nSPS) is 21.4. The van der Waals surface area contributed by atoms with Crippen molar-refractivity contribution in [3.8, 4) is 5.88 Å². The lowest BCUT2D eigenvalue weighted by molar-refractivity contribution is -0.154. The third-order valence-corrected chi connectivity index (χ3v) is 7.65. The van der Waals surface area contributed by atoms with Crippen LogP contribution in [0.5, 0.6) is 5.88 Å². The van der Waals surface area contributed by atoms with Gasteiger partial charge in [-0.1, -0.05) is 6.07 Å². The minimum absolute atomic E-state index is 0.0157. The Hall–Kier alpha value is -2.90. The first-order valence-corrected chi connectivity index (χ1v) is 11.7. The van der Waals surface area contributed by atoms with Gasteiger partial charge in [0.15, 0.2) is 6.61 Å². The number of nitrogens with zero attached hydrogens (tertiary/aromatic N) is 1. The maximum absolute atomic E-state index is 15.4. The second-order valence-corrected chi connectivity index (χ2v) is 10.2. The maximum Gasteiger partial charge on any atom is 0.422 e. The fourth-order valence-corrected chi connectivity index (χ4v) is 5.27. The molecule has 0 atom stereocenters. The summed E-state index contributed by atoms with van der Waals surface area (Å²) in [5, 5.41) is -0.249. The number of benzene rings is 1. The van der Waals surface area contributed by atoms with E-state index in [0.717, 1.165) is 24.4 Å². The zero-order chi connectivity index (χ0) is 26.1. The molecule has 1 fully saturated rings. The molecule has 3 rings (SSSR count). The largest absolute Gasteiger partial charge is 0.468 e. The smallest absolute Gasteiger partial charge is 0.422 e. The lowest BCUT2D eigenvalue weighted by Gasteiger charge is -2.34. The molecule has 14 heteroatoms. The standard InChI is InChI=1S/C21H19F7N2O4S/c22-19(35(32,33)16-3-1-2-14(10-16)21(26,27)28)8-6-15(7-9-19)30-18(31)13-4-5-17(29-11-13)34-12-20(23,24)25/h1-5,10-11,15H,6-9,12H2,(H,30,31). The van der Waals surface area contributed by atoms with E-state index < -0.39 is 69.0 Å². The summed E-state index contributed by atoms with van der Waals surface area (Å²) in [7, 11) is -4.75. The van der Waals surface area contributed by atoms with Crippen LogP contribution >= 0.6 is 0 Å². The highest BCUT2D eigenvalue weighted by Gasteiger charge is 2.48. The quantitative estimate of drug-likeness (QED) is 0.542. The highest BCUT2D eigenvalue weighted by atomic mass is 32.2. The number of amides is 1. The molecule has 6 nitrogen and oxygen atoms in total. The van der Waals surface area contributed by atoms with Crippen LogP contribution in [0.1, 0.15) is 41.6 Å². The van der Waals surface area contributed by atoms with Gasteiger partial charge in [0.2, 0.25) is 20.7 Å². The van der Waals surface area contributed by atoms with Crippen LogP contribution in [0.4, 0.5) is 30.7 Å². The minimum atomic E-state index is -4.80. The molecule has 1 aromatic heterocycles. The number of sulfone groups is 1. The van der Waals surface area contributed by atoms with Gasteiger partial charge in [-0.3, -0.25) is 4.79 Å². The predicted molar refractivity (Wildman–Crippen MR) is 108 cm³/mol. The number of hydrogen-bond acceptors (Lipinski definition) is 5. The highest BCUT2D eigenvalue weighted by Crippen LogP contribution is 2.41. The van der Waals surface area contributed by atoms with Gasteiger partial charge < -0.3 is 10.1 Å². The third kappa shape index (κ3) is 6.41. The van der Waals surface area contributed by atoms with Crippen LogP contribution < -0.4 is 10.1 Å². The van der Waals surface area contributed by atoms with Gasteiger partial charge in [0.1, 0.15) is 0 Å². The summed E-state index contributed by atoms with van der Waals surface area (Å²) in [6, 6.07) is 4.46. The van der Waals surface area contributed by atoms with E-state index in [0.29, 0.717) is 12.1 Å². The number of ether oxygens (including phenoxy) is 1. The van der Waals surface area contributed by atoms with Crippen LogP contribution in [0.25, 0.3) is 0 Å². The first-order valence-electron chi connectivity index (χ1n) is 10.2. The number of pyridine rings is 1. The van der Waals surface area contributed by atoms with Crippen molar-refractivity contribution in [2.75, 3.05) is 6.61 Å². The van der Waals surface area contributed by atoms with Gasteiger partial charge in [0.25, 0.3) is 5.91 Å². The molecule has 0 aliphatic heterocycles. The Morgan fingerprint density at radius 2 is 1.74 bits per heavy atom. The van der Waals surface area contributed by atoms with Crippen molar-refractivity contribution < 1.29 is 48.7 Å². The van der Waals surface area contributed by atoms with E-state index in [-0.39, 0.29) is 24.3 Å². The average molecular weight is 528 g/mol. The van der Waals surface area contributed by atoms with Crippen molar-refractivity contribution in [3.05, 3.63) is 53.7 Å². The molecule has 1 N–H and O–H groups in total. The molecule has 1 saturated carbocycles. The topological polar surface area (TPSA) is 85.4 Å². The summed E-state index contributed by atoms with van der Waals surface area (Å²) in [5.74, 6) is -1.02. The van der Waals surface area contributed by atoms with E-state index in [9.17, 15) is 39.6 Å². The number of carbonyl (C=O) groups excluding carboxylic acids is 1. The van der Waals surface area contributed by atoms with Crippen molar-refractivity contribution in [2.24, 2.45) is 0 Å². The molecule has 1 heterocycles. The molecule has 0 saturated heterocycles. The number of alkyl halides is 7. The van der Waals surface area contributed by atoms with Crippen LogP contribution in [0, 0.1) is 0 Å². The summed E-state index contributed by atoms with van der Waals surface area (Å²) in [6.45, 7) is -1.55. The SMILES string of the molecule is O=C(NC1CCC(F)(S(=O)(=O)c2cccc(C(F)(F)F)c2)CC1)c1ccc(OCC(F)(F)F)nc1. The Bertz CT molecular complexity index is 1160. The van der Waals surface area contributed by atoms with E-state index in [1.54, 1.807) is 0 Å². The summed E-state index contributed by atoms with van der Waals surface area (Å²) in [6.07, 6.45) is -9.70. The Balaban J connectivity index is 1.61. The summed E-state index contributed by atoms with van der Waals surface area (Å²) < 4.78 is 121. The summed E-state index contributed by atoms with van der Waals surface area (Å²) in [5.41, 5.74) is -1.23. The first kappa shape index (κ1) is 26.7. The number of nitrogens with one attached hydrogen (secondary N) is 1. The minimum Gasteiger partial charge on any atom is -0.468 e. The number of hydrogen-bond donors (Lipinski definition) is 1. The van der Waals surface area contributed by atoms with Crippen molar-refractivity contribution in [2.45, 2.75) is 54.0 Å². The van der Waals surface area contributed by atoms with Gasteiger partial charge in [-0.2, -0.15) is 26.3 Å². The molecule has 1 aromatic carbocycles. The number of aromatic nitrogens is 1. The summed E-state index contributed by atoms with van der Waals surface area (Å²) in [4.78, 5) is 15.2. The van der Waals surface area contributed by atoms with E-state index in [4.69, 9.17) is 0 Å². The van der Waals surface area contributed by atoms with Crippen molar-refractivity contribution in [1.82, 2.24) is 10.3 Å². The zero-order valence-corrected chi connectivity index (χ0v) is 18.6. The molecule has 192 valence electrons. The molecule has 0 bridgehead atoms. The monoisotopic (exact) mass is 528 g/mol. The lowest BCUT2D eigenvalue weighted by Crippen LogP contribution is -2.45. The lowest BCUT2D eigenvalue weighted by atomic mass is 9.93. The van der Waals surface area contributed by atoms with Gasteiger partial charge in [-0.05, 0) is 49.9 Å².